The molecule has 1 saturated heterocycles. The number of ether oxygens (including phenoxy) is 1. The highest BCUT2D eigenvalue weighted by Gasteiger charge is 2.19. The first-order valence-electron chi connectivity index (χ1n) is 8.05. The van der Waals surface area contributed by atoms with Crippen LogP contribution in [0.4, 0.5) is 10.5 Å². The van der Waals surface area contributed by atoms with E-state index in [-0.39, 0.29) is 6.03 Å². The van der Waals surface area contributed by atoms with Crippen LogP contribution in [0, 0.1) is 0 Å². The van der Waals surface area contributed by atoms with Crippen molar-refractivity contribution in [2.45, 2.75) is 13.0 Å². The number of aromatic nitrogens is 1. The number of hydrogen-bond acceptors (Lipinski definition) is 5. The Kier molecular flexibility index (Phi) is 5.66. The largest absolute Gasteiger partial charge is 0.481 e. The van der Waals surface area contributed by atoms with Crippen molar-refractivity contribution in [3.63, 3.8) is 0 Å². The zero-order valence-corrected chi connectivity index (χ0v) is 14.6. The second kappa shape index (κ2) is 8.12. The predicted octanol–water partition coefficient (Wildman–Crippen LogP) is 2.89. The molecule has 3 rings (SSSR count). The van der Waals surface area contributed by atoms with E-state index in [0.29, 0.717) is 11.6 Å². The summed E-state index contributed by atoms with van der Waals surface area (Å²) in [6.07, 6.45) is 2.59. The summed E-state index contributed by atoms with van der Waals surface area (Å²) < 4.78 is 5.02. The minimum Gasteiger partial charge on any atom is -0.481 e. The first-order chi connectivity index (χ1) is 11.7. The molecule has 0 saturated carbocycles. The van der Waals surface area contributed by atoms with Crippen molar-refractivity contribution in [3.05, 3.63) is 40.7 Å². The topological polar surface area (TPSA) is 57.7 Å². The first-order valence-corrected chi connectivity index (χ1v) is 8.93. The minimum absolute atomic E-state index is 0.0695. The van der Waals surface area contributed by atoms with Gasteiger partial charge in [0, 0.05) is 43.7 Å². The molecule has 1 N–H and O–H groups in total. The molecule has 1 aliphatic rings. The Hall–Kier alpha value is -2.12. The van der Waals surface area contributed by atoms with Gasteiger partial charge in [0.15, 0.2) is 0 Å². The summed E-state index contributed by atoms with van der Waals surface area (Å²) in [6, 6.07) is 7.71. The van der Waals surface area contributed by atoms with Crippen LogP contribution in [0.3, 0.4) is 0 Å². The van der Waals surface area contributed by atoms with Crippen molar-refractivity contribution in [2.24, 2.45) is 0 Å². The lowest BCUT2D eigenvalue weighted by Gasteiger charge is -2.22. The number of amides is 2. The fourth-order valence-corrected chi connectivity index (χ4v) is 3.48. The molecule has 2 amide bonds. The van der Waals surface area contributed by atoms with Gasteiger partial charge < -0.3 is 15.0 Å². The Morgan fingerprint density at radius 2 is 2.21 bits per heavy atom. The number of methoxy groups -OCH3 is 1. The molecular weight excluding hydrogens is 324 g/mol. The number of thiophene rings is 1. The molecule has 0 bridgehead atoms. The summed E-state index contributed by atoms with van der Waals surface area (Å²) in [5.41, 5.74) is 0.681. The number of nitrogens with zero attached hydrogens (tertiary/aromatic N) is 3. The SMILES string of the molecule is COc1ccc(NC(=O)N2CCCN(Cc3cccs3)CC2)cn1. The average molecular weight is 346 g/mol. The summed E-state index contributed by atoms with van der Waals surface area (Å²) in [6.45, 7) is 4.39. The quantitative estimate of drug-likeness (QED) is 0.925. The van der Waals surface area contributed by atoms with E-state index in [1.165, 1.54) is 4.88 Å². The molecule has 0 aliphatic carbocycles. The van der Waals surface area contributed by atoms with E-state index in [1.54, 1.807) is 36.8 Å². The fourth-order valence-electron chi connectivity index (χ4n) is 2.73. The molecule has 6 nitrogen and oxygen atoms in total. The van der Waals surface area contributed by atoms with E-state index in [2.05, 4.69) is 32.7 Å². The summed E-state index contributed by atoms with van der Waals surface area (Å²) >= 11 is 1.78. The molecule has 1 fully saturated rings. The highest BCUT2D eigenvalue weighted by Crippen LogP contribution is 2.15. The Morgan fingerprint density at radius 1 is 1.29 bits per heavy atom. The van der Waals surface area contributed by atoms with Crippen molar-refractivity contribution in [1.82, 2.24) is 14.8 Å². The zero-order valence-electron chi connectivity index (χ0n) is 13.8. The molecule has 2 aromatic heterocycles. The lowest BCUT2D eigenvalue weighted by molar-refractivity contribution is 0.211. The third-order valence-corrected chi connectivity index (χ3v) is 4.89. The summed E-state index contributed by atoms with van der Waals surface area (Å²) in [5.74, 6) is 0.534. The molecule has 24 heavy (non-hydrogen) atoms. The van der Waals surface area contributed by atoms with Gasteiger partial charge >= 0.3 is 6.03 Å². The first kappa shape index (κ1) is 16.7. The summed E-state index contributed by atoms with van der Waals surface area (Å²) in [4.78, 5) is 22.2. The van der Waals surface area contributed by atoms with E-state index in [4.69, 9.17) is 4.74 Å². The maximum atomic E-state index is 12.4. The van der Waals surface area contributed by atoms with Gasteiger partial charge in [0.1, 0.15) is 0 Å². The van der Waals surface area contributed by atoms with Gasteiger partial charge in [-0.05, 0) is 23.9 Å². The van der Waals surface area contributed by atoms with E-state index >= 15 is 0 Å². The Morgan fingerprint density at radius 3 is 2.92 bits per heavy atom. The predicted molar refractivity (Wildman–Crippen MR) is 95.6 cm³/mol. The van der Waals surface area contributed by atoms with Gasteiger partial charge in [-0.15, -0.1) is 11.3 Å². The van der Waals surface area contributed by atoms with E-state index < -0.39 is 0 Å². The number of hydrogen-bond donors (Lipinski definition) is 1. The average Bonchev–Trinajstić information content (AvgIpc) is 2.99. The number of rotatable bonds is 4. The standard InChI is InChI=1S/C17H22N4O2S/c1-23-16-6-5-14(12-18-16)19-17(22)21-8-3-7-20(9-10-21)13-15-4-2-11-24-15/h2,4-6,11-12H,3,7-10,13H2,1H3,(H,19,22). The molecule has 0 spiro atoms. The highest BCUT2D eigenvalue weighted by molar-refractivity contribution is 7.09. The molecule has 0 unspecified atom stereocenters. The van der Waals surface area contributed by atoms with Crippen LogP contribution in [0.1, 0.15) is 11.3 Å². The van der Waals surface area contributed by atoms with Crippen molar-refractivity contribution < 1.29 is 9.53 Å². The van der Waals surface area contributed by atoms with Crippen LogP contribution < -0.4 is 10.1 Å². The second-order valence-electron chi connectivity index (χ2n) is 5.72. The lowest BCUT2D eigenvalue weighted by atomic mass is 10.3. The maximum absolute atomic E-state index is 12.4. The van der Waals surface area contributed by atoms with Crippen LogP contribution in [0.15, 0.2) is 35.8 Å². The summed E-state index contributed by atoms with van der Waals surface area (Å²) in [7, 11) is 1.57. The van der Waals surface area contributed by atoms with Gasteiger partial charge in [-0.3, -0.25) is 4.90 Å². The highest BCUT2D eigenvalue weighted by atomic mass is 32.1. The summed E-state index contributed by atoms with van der Waals surface area (Å²) in [5, 5.41) is 5.01. The van der Waals surface area contributed by atoms with E-state index in [9.17, 15) is 4.79 Å². The lowest BCUT2D eigenvalue weighted by Crippen LogP contribution is -2.38. The third kappa shape index (κ3) is 4.46. The van der Waals surface area contributed by atoms with Gasteiger partial charge in [0.2, 0.25) is 5.88 Å². The van der Waals surface area contributed by atoms with Crippen LogP contribution in [-0.4, -0.2) is 54.1 Å². The van der Waals surface area contributed by atoms with Crippen molar-refractivity contribution >= 4 is 23.1 Å². The van der Waals surface area contributed by atoms with Gasteiger partial charge in [-0.1, -0.05) is 6.07 Å². The Balaban J connectivity index is 1.51. The number of anilines is 1. The van der Waals surface area contributed by atoms with Gasteiger partial charge in [-0.25, -0.2) is 9.78 Å². The number of pyridine rings is 1. The molecular formula is C17H22N4O2S. The number of carbonyl (C=O) groups is 1. The van der Waals surface area contributed by atoms with Crippen LogP contribution in [0.25, 0.3) is 0 Å². The van der Waals surface area contributed by atoms with E-state index in [0.717, 1.165) is 39.1 Å². The van der Waals surface area contributed by atoms with Crippen molar-refractivity contribution in [1.29, 1.82) is 0 Å². The molecule has 3 heterocycles. The molecule has 128 valence electrons. The molecule has 0 atom stereocenters. The van der Waals surface area contributed by atoms with Crippen molar-refractivity contribution in [2.75, 3.05) is 38.6 Å². The minimum atomic E-state index is -0.0695. The molecule has 2 aromatic rings. The normalized spacial score (nSPS) is 15.8. The fraction of sp³-hybridized carbons (Fsp3) is 0.412. The number of carbonyl (C=O) groups excluding carboxylic acids is 1. The van der Waals surface area contributed by atoms with Gasteiger partial charge in [-0.2, -0.15) is 0 Å². The maximum Gasteiger partial charge on any atom is 0.321 e. The third-order valence-electron chi connectivity index (χ3n) is 4.03. The molecule has 0 radical (unpaired) electrons. The molecule has 7 heteroatoms. The number of urea groups is 1. The molecule has 1 aliphatic heterocycles. The van der Waals surface area contributed by atoms with Crippen LogP contribution in [0.2, 0.25) is 0 Å². The van der Waals surface area contributed by atoms with E-state index in [1.807, 2.05) is 4.90 Å². The number of nitrogens with one attached hydrogen (secondary N) is 1. The molecule has 0 aromatic carbocycles. The Labute approximate surface area is 146 Å². The van der Waals surface area contributed by atoms with Gasteiger partial charge in [0.05, 0.1) is 19.0 Å². The smallest absolute Gasteiger partial charge is 0.321 e. The van der Waals surface area contributed by atoms with Gasteiger partial charge in [0.25, 0.3) is 0 Å². The second-order valence-corrected chi connectivity index (χ2v) is 6.75. The zero-order chi connectivity index (χ0) is 16.8. The van der Waals surface area contributed by atoms with Crippen molar-refractivity contribution in [3.8, 4) is 5.88 Å². The monoisotopic (exact) mass is 346 g/mol. The van der Waals surface area contributed by atoms with Crippen LogP contribution in [-0.2, 0) is 6.54 Å². The van der Waals surface area contributed by atoms with Crippen LogP contribution in [0.5, 0.6) is 5.88 Å². The van der Waals surface area contributed by atoms with Crippen LogP contribution >= 0.6 is 11.3 Å². The Bertz CT molecular complexity index is 645.